The Hall–Kier alpha value is -2.81. The number of carbonyl (C=O) groups is 1. The standard InChI is InChI=1S/C20H20F3N3O3/c21-10-5-13(22)11(14(23)6-10)7-25-20(29)12-9-26-16-4-2-1-3-15(16)24-8-17(26)19(28)18(12)27/h5-6,9,15-16,24,28H,1-4,7-8H2,(H,25,29)/t15-,16+/m1/s1. The predicted octanol–water partition coefficient (Wildman–Crippen LogP) is 2.49. The number of nitrogens with zero attached hydrogens (tertiary/aromatic N) is 1. The fraction of sp³-hybridized carbons (Fsp3) is 0.400. The molecule has 154 valence electrons. The van der Waals surface area contributed by atoms with Gasteiger partial charge in [0, 0.05) is 49.1 Å². The number of amides is 1. The Bertz CT molecular complexity index is 1010. The molecule has 29 heavy (non-hydrogen) atoms. The highest BCUT2D eigenvalue weighted by atomic mass is 19.1. The Balaban J connectivity index is 1.63. The maximum atomic E-state index is 13.8. The lowest BCUT2D eigenvalue weighted by Crippen LogP contribution is -2.46. The number of halogens is 3. The zero-order valence-corrected chi connectivity index (χ0v) is 15.5. The number of aromatic nitrogens is 1. The topological polar surface area (TPSA) is 83.4 Å². The molecule has 0 spiro atoms. The second-order valence-corrected chi connectivity index (χ2v) is 7.44. The number of benzene rings is 1. The van der Waals surface area contributed by atoms with Gasteiger partial charge in [-0.3, -0.25) is 9.59 Å². The molecule has 1 aliphatic heterocycles. The Morgan fingerprint density at radius 2 is 1.90 bits per heavy atom. The molecule has 1 aliphatic carbocycles. The fourth-order valence-electron chi connectivity index (χ4n) is 4.20. The normalized spacial score (nSPS) is 20.7. The smallest absolute Gasteiger partial charge is 0.257 e. The van der Waals surface area contributed by atoms with E-state index in [1.54, 1.807) is 4.57 Å². The third-order valence-corrected chi connectivity index (χ3v) is 5.71. The lowest BCUT2D eigenvalue weighted by molar-refractivity contribution is 0.0946. The van der Waals surface area contributed by atoms with Crippen LogP contribution < -0.4 is 16.1 Å². The van der Waals surface area contributed by atoms with Gasteiger partial charge in [0.1, 0.15) is 23.0 Å². The third kappa shape index (κ3) is 3.50. The van der Waals surface area contributed by atoms with Gasteiger partial charge in [-0.25, -0.2) is 13.2 Å². The molecular formula is C20H20F3N3O3. The van der Waals surface area contributed by atoms with E-state index in [9.17, 15) is 27.9 Å². The number of nitrogens with one attached hydrogen (secondary N) is 2. The van der Waals surface area contributed by atoms with Crippen LogP contribution in [0.1, 0.15) is 53.3 Å². The Morgan fingerprint density at radius 3 is 2.62 bits per heavy atom. The molecule has 0 bridgehead atoms. The maximum absolute atomic E-state index is 13.8. The average molecular weight is 407 g/mol. The zero-order valence-electron chi connectivity index (χ0n) is 15.5. The quantitative estimate of drug-likeness (QED) is 0.730. The van der Waals surface area contributed by atoms with E-state index in [-0.39, 0.29) is 17.6 Å². The second-order valence-electron chi connectivity index (χ2n) is 7.44. The highest BCUT2D eigenvalue weighted by Gasteiger charge is 2.33. The van der Waals surface area contributed by atoms with Crippen molar-refractivity contribution in [1.82, 2.24) is 15.2 Å². The number of pyridine rings is 1. The lowest BCUT2D eigenvalue weighted by atomic mass is 9.88. The molecule has 4 rings (SSSR count). The molecule has 2 aliphatic rings. The number of rotatable bonds is 3. The van der Waals surface area contributed by atoms with E-state index in [0.29, 0.717) is 24.4 Å². The molecule has 0 unspecified atom stereocenters. The van der Waals surface area contributed by atoms with E-state index in [0.717, 1.165) is 25.7 Å². The minimum Gasteiger partial charge on any atom is -0.503 e. The van der Waals surface area contributed by atoms with Crippen molar-refractivity contribution >= 4 is 5.91 Å². The van der Waals surface area contributed by atoms with E-state index in [2.05, 4.69) is 10.6 Å². The monoisotopic (exact) mass is 407 g/mol. The second kappa shape index (κ2) is 7.55. The number of hydrogen-bond acceptors (Lipinski definition) is 4. The Morgan fingerprint density at radius 1 is 1.21 bits per heavy atom. The molecule has 6 nitrogen and oxygen atoms in total. The first-order chi connectivity index (χ1) is 13.9. The van der Waals surface area contributed by atoms with Crippen LogP contribution in [-0.2, 0) is 13.1 Å². The van der Waals surface area contributed by atoms with Gasteiger partial charge in [-0.15, -0.1) is 0 Å². The van der Waals surface area contributed by atoms with Gasteiger partial charge < -0.3 is 20.3 Å². The summed E-state index contributed by atoms with van der Waals surface area (Å²) >= 11 is 0. The van der Waals surface area contributed by atoms with Crippen molar-refractivity contribution in [3.8, 4) is 5.75 Å². The summed E-state index contributed by atoms with van der Waals surface area (Å²) in [6.45, 7) is -0.248. The van der Waals surface area contributed by atoms with E-state index in [1.807, 2.05) is 0 Å². The Kier molecular flexibility index (Phi) is 5.08. The summed E-state index contributed by atoms with van der Waals surface area (Å²) in [5.41, 5.74) is -1.24. The summed E-state index contributed by atoms with van der Waals surface area (Å²) in [6, 6.07) is 1.23. The van der Waals surface area contributed by atoms with Crippen LogP contribution >= 0.6 is 0 Å². The van der Waals surface area contributed by atoms with Gasteiger partial charge in [0.25, 0.3) is 5.91 Å². The minimum atomic E-state index is -1.14. The fourth-order valence-corrected chi connectivity index (χ4v) is 4.20. The molecule has 2 heterocycles. The zero-order chi connectivity index (χ0) is 20.7. The minimum absolute atomic E-state index is 0.0116. The molecule has 2 atom stereocenters. The summed E-state index contributed by atoms with van der Waals surface area (Å²) in [4.78, 5) is 25.0. The third-order valence-electron chi connectivity index (χ3n) is 5.71. The van der Waals surface area contributed by atoms with E-state index < -0.39 is 46.6 Å². The van der Waals surface area contributed by atoms with Crippen LogP contribution in [0.5, 0.6) is 5.75 Å². The lowest BCUT2D eigenvalue weighted by Gasteiger charge is -2.40. The van der Waals surface area contributed by atoms with E-state index in [1.165, 1.54) is 6.20 Å². The molecule has 9 heteroatoms. The molecule has 3 N–H and O–H groups in total. The summed E-state index contributed by atoms with van der Waals surface area (Å²) in [7, 11) is 0. The van der Waals surface area contributed by atoms with Gasteiger partial charge in [-0.2, -0.15) is 0 Å². The van der Waals surface area contributed by atoms with E-state index >= 15 is 0 Å². The van der Waals surface area contributed by atoms with Gasteiger partial charge in [0.2, 0.25) is 5.43 Å². The molecule has 1 amide bonds. The highest BCUT2D eigenvalue weighted by Crippen LogP contribution is 2.34. The van der Waals surface area contributed by atoms with Gasteiger partial charge in [-0.05, 0) is 12.8 Å². The van der Waals surface area contributed by atoms with Crippen molar-refractivity contribution in [1.29, 1.82) is 0 Å². The van der Waals surface area contributed by atoms with Crippen molar-refractivity contribution in [2.75, 3.05) is 0 Å². The number of aromatic hydroxyl groups is 1. The maximum Gasteiger partial charge on any atom is 0.257 e. The molecule has 0 saturated heterocycles. The average Bonchev–Trinajstić information content (AvgIpc) is 2.69. The number of hydrogen-bond donors (Lipinski definition) is 3. The summed E-state index contributed by atoms with van der Waals surface area (Å²) in [5.74, 6) is -4.71. The van der Waals surface area contributed by atoms with Crippen molar-refractivity contribution in [2.24, 2.45) is 0 Å². The van der Waals surface area contributed by atoms with Gasteiger partial charge in [0.15, 0.2) is 5.75 Å². The SMILES string of the molecule is O=C(NCc1c(F)cc(F)cc1F)c1cn2c(c(O)c1=O)CN[C@@H]1CCCC[C@@H]12. The molecule has 0 radical (unpaired) electrons. The van der Waals surface area contributed by atoms with Crippen molar-refractivity contribution in [2.45, 2.75) is 50.9 Å². The van der Waals surface area contributed by atoms with Gasteiger partial charge in [0.05, 0.1) is 5.69 Å². The van der Waals surface area contributed by atoms with Crippen molar-refractivity contribution in [3.05, 3.63) is 62.8 Å². The first-order valence-corrected chi connectivity index (χ1v) is 9.48. The first kappa shape index (κ1) is 19.5. The molecular weight excluding hydrogens is 387 g/mol. The largest absolute Gasteiger partial charge is 0.503 e. The van der Waals surface area contributed by atoms with Crippen LogP contribution in [0.25, 0.3) is 0 Å². The number of carbonyl (C=O) groups excluding carboxylic acids is 1. The van der Waals surface area contributed by atoms with Crippen LogP contribution in [0, 0.1) is 17.5 Å². The van der Waals surface area contributed by atoms with Crippen LogP contribution in [0.15, 0.2) is 23.1 Å². The molecule has 1 saturated carbocycles. The molecule has 2 aromatic rings. The van der Waals surface area contributed by atoms with Crippen molar-refractivity contribution in [3.63, 3.8) is 0 Å². The Labute approximate surface area is 164 Å². The summed E-state index contributed by atoms with van der Waals surface area (Å²) < 4.78 is 42.3. The van der Waals surface area contributed by atoms with Gasteiger partial charge >= 0.3 is 0 Å². The van der Waals surface area contributed by atoms with Crippen LogP contribution in [0.4, 0.5) is 13.2 Å². The van der Waals surface area contributed by atoms with E-state index in [4.69, 9.17) is 0 Å². The van der Waals surface area contributed by atoms with Crippen LogP contribution in [0.2, 0.25) is 0 Å². The van der Waals surface area contributed by atoms with Crippen LogP contribution in [0.3, 0.4) is 0 Å². The molecule has 1 fully saturated rings. The highest BCUT2D eigenvalue weighted by molar-refractivity contribution is 5.94. The first-order valence-electron chi connectivity index (χ1n) is 9.48. The predicted molar refractivity (Wildman–Crippen MR) is 98.0 cm³/mol. The van der Waals surface area contributed by atoms with Crippen LogP contribution in [-0.4, -0.2) is 21.6 Å². The molecule has 1 aromatic carbocycles. The van der Waals surface area contributed by atoms with Gasteiger partial charge in [-0.1, -0.05) is 12.8 Å². The summed E-state index contributed by atoms with van der Waals surface area (Å²) in [6.07, 6.45) is 5.30. The number of fused-ring (bicyclic) bond motifs is 3. The summed E-state index contributed by atoms with van der Waals surface area (Å²) in [5, 5.41) is 16.0. The van der Waals surface area contributed by atoms with Crippen molar-refractivity contribution < 1.29 is 23.1 Å². The molecule has 1 aromatic heterocycles.